The summed E-state index contributed by atoms with van der Waals surface area (Å²) >= 11 is 0. The fourth-order valence-electron chi connectivity index (χ4n) is 2.99. The molecule has 2 aromatic rings. The van der Waals surface area contributed by atoms with Crippen LogP contribution in [0.1, 0.15) is 51.4 Å². The highest BCUT2D eigenvalue weighted by atomic mass is 14.9. The molecule has 2 nitrogen and oxygen atoms in total. The summed E-state index contributed by atoms with van der Waals surface area (Å²) in [6.45, 7) is 14.1. The second kappa shape index (κ2) is 4.63. The molecule has 0 spiro atoms. The Morgan fingerprint density at radius 2 is 1.70 bits per heavy atom. The van der Waals surface area contributed by atoms with Gasteiger partial charge in [-0.1, -0.05) is 40.7 Å². The number of benzene rings is 1. The molecule has 1 aromatic heterocycles. The van der Waals surface area contributed by atoms with Gasteiger partial charge >= 0.3 is 0 Å². The first kappa shape index (κ1) is 15.1. The normalized spacial score (nSPS) is 13.2. The molecule has 2 rings (SSSR count). The molecule has 20 heavy (non-hydrogen) atoms. The van der Waals surface area contributed by atoms with Crippen LogP contribution in [0.25, 0.3) is 10.9 Å². The minimum atomic E-state index is 0.000100. The van der Waals surface area contributed by atoms with Crippen LogP contribution >= 0.6 is 0 Å². The van der Waals surface area contributed by atoms with E-state index in [1.807, 2.05) is 0 Å². The van der Waals surface area contributed by atoms with Crippen LogP contribution in [0.3, 0.4) is 0 Å². The summed E-state index contributed by atoms with van der Waals surface area (Å²) < 4.78 is 2.29. The molecule has 2 N–H and O–H groups in total. The maximum absolute atomic E-state index is 6.02. The van der Waals surface area contributed by atoms with Crippen molar-refractivity contribution in [3.8, 4) is 0 Å². The molecule has 0 fully saturated rings. The molecule has 0 aliphatic heterocycles. The average Bonchev–Trinajstić information content (AvgIpc) is 2.61. The third-order valence-electron chi connectivity index (χ3n) is 4.55. The highest BCUT2D eigenvalue weighted by Crippen LogP contribution is 2.36. The van der Waals surface area contributed by atoms with Crippen molar-refractivity contribution < 1.29 is 0 Å². The van der Waals surface area contributed by atoms with E-state index in [1.54, 1.807) is 0 Å². The number of nitrogens with two attached hydrogens (primary N) is 1. The average molecular weight is 272 g/mol. The van der Waals surface area contributed by atoms with Crippen molar-refractivity contribution in [3.05, 3.63) is 35.0 Å². The summed E-state index contributed by atoms with van der Waals surface area (Å²) in [6.07, 6.45) is 0. The lowest BCUT2D eigenvalue weighted by atomic mass is 9.81. The highest BCUT2D eigenvalue weighted by Gasteiger charge is 2.27. The Hall–Kier alpha value is -1.28. The monoisotopic (exact) mass is 272 g/mol. The van der Waals surface area contributed by atoms with Crippen LogP contribution in [0.2, 0.25) is 0 Å². The Morgan fingerprint density at radius 1 is 1.10 bits per heavy atom. The number of aromatic nitrogens is 1. The number of hydrogen-bond donors (Lipinski definition) is 1. The zero-order valence-corrected chi connectivity index (χ0v) is 14.0. The quantitative estimate of drug-likeness (QED) is 0.879. The standard InChI is InChI=1S/C18H28N2/c1-12-16(18(5,6)11-19)14-10-13(17(2,3)4)8-9-15(14)20(12)7/h8-10H,11,19H2,1-7H3. The summed E-state index contributed by atoms with van der Waals surface area (Å²) in [5.41, 5.74) is 11.6. The minimum absolute atomic E-state index is 0.000100. The fourth-order valence-corrected chi connectivity index (χ4v) is 2.99. The van der Waals surface area contributed by atoms with Crippen LogP contribution in [-0.2, 0) is 17.9 Å². The van der Waals surface area contributed by atoms with Gasteiger partial charge in [-0.25, -0.2) is 0 Å². The predicted octanol–water partition coefficient (Wildman–Crippen LogP) is 4.02. The van der Waals surface area contributed by atoms with Crippen molar-refractivity contribution in [2.24, 2.45) is 12.8 Å². The van der Waals surface area contributed by atoms with E-state index in [2.05, 4.69) is 71.4 Å². The van der Waals surface area contributed by atoms with E-state index in [4.69, 9.17) is 5.73 Å². The van der Waals surface area contributed by atoms with Crippen molar-refractivity contribution in [1.82, 2.24) is 4.57 Å². The number of hydrogen-bond acceptors (Lipinski definition) is 1. The van der Waals surface area contributed by atoms with Crippen molar-refractivity contribution in [3.63, 3.8) is 0 Å². The minimum Gasteiger partial charge on any atom is -0.348 e. The SMILES string of the molecule is Cc1c(C(C)(C)CN)c2cc(C(C)(C)C)ccc2n1C. The smallest absolute Gasteiger partial charge is 0.0483 e. The van der Waals surface area contributed by atoms with Gasteiger partial charge in [0.05, 0.1) is 0 Å². The molecule has 1 aromatic carbocycles. The molecule has 0 atom stereocenters. The lowest BCUT2D eigenvalue weighted by molar-refractivity contribution is 0.537. The van der Waals surface area contributed by atoms with Gasteiger partial charge in [0.1, 0.15) is 0 Å². The van der Waals surface area contributed by atoms with Gasteiger partial charge in [0, 0.05) is 35.6 Å². The zero-order chi connectivity index (χ0) is 15.3. The van der Waals surface area contributed by atoms with Crippen LogP contribution in [0, 0.1) is 6.92 Å². The summed E-state index contributed by atoms with van der Waals surface area (Å²) in [5.74, 6) is 0. The molecule has 0 radical (unpaired) electrons. The number of aryl methyl sites for hydroxylation is 1. The lowest BCUT2D eigenvalue weighted by Gasteiger charge is -2.24. The van der Waals surface area contributed by atoms with Crippen molar-refractivity contribution >= 4 is 10.9 Å². The topological polar surface area (TPSA) is 30.9 Å². The first-order valence-electron chi connectivity index (χ1n) is 7.39. The Labute approximate surface area is 123 Å². The molecule has 110 valence electrons. The predicted molar refractivity (Wildman–Crippen MR) is 88.4 cm³/mol. The largest absolute Gasteiger partial charge is 0.348 e. The van der Waals surface area contributed by atoms with E-state index in [-0.39, 0.29) is 10.8 Å². The van der Waals surface area contributed by atoms with Gasteiger partial charge in [-0.2, -0.15) is 0 Å². The first-order chi connectivity index (χ1) is 9.09. The van der Waals surface area contributed by atoms with E-state index in [9.17, 15) is 0 Å². The van der Waals surface area contributed by atoms with Crippen molar-refractivity contribution in [2.45, 2.75) is 52.4 Å². The van der Waals surface area contributed by atoms with Crippen molar-refractivity contribution in [1.29, 1.82) is 0 Å². The zero-order valence-electron chi connectivity index (χ0n) is 14.0. The Kier molecular flexibility index (Phi) is 3.50. The molecular weight excluding hydrogens is 244 g/mol. The molecule has 0 aliphatic carbocycles. The van der Waals surface area contributed by atoms with Crippen LogP contribution < -0.4 is 5.73 Å². The molecule has 0 aliphatic rings. The molecule has 0 saturated heterocycles. The summed E-state index contributed by atoms with van der Waals surface area (Å²) in [4.78, 5) is 0. The molecule has 1 heterocycles. The summed E-state index contributed by atoms with van der Waals surface area (Å²) in [5, 5.41) is 1.35. The van der Waals surface area contributed by atoms with Crippen molar-refractivity contribution in [2.75, 3.05) is 6.54 Å². The second-order valence-corrected chi connectivity index (χ2v) is 7.59. The van der Waals surface area contributed by atoms with Gasteiger partial charge < -0.3 is 10.3 Å². The maximum Gasteiger partial charge on any atom is 0.0483 e. The van der Waals surface area contributed by atoms with Crippen LogP contribution in [0.15, 0.2) is 18.2 Å². The van der Waals surface area contributed by atoms with E-state index < -0.39 is 0 Å². The van der Waals surface area contributed by atoms with Gasteiger partial charge in [0.25, 0.3) is 0 Å². The van der Waals surface area contributed by atoms with E-state index in [0.717, 1.165) is 0 Å². The molecule has 0 bridgehead atoms. The van der Waals surface area contributed by atoms with Gasteiger partial charge in [0.15, 0.2) is 0 Å². The van der Waals surface area contributed by atoms with Gasteiger partial charge in [-0.15, -0.1) is 0 Å². The molecule has 0 unspecified atom stereocenters. The maximum atomic E-state index is 6.02. The highest BCUT2D eigenvalue weighted by molar-refractivity contribution is 5.87. The van der Waals surface area contributed by atoms with Crippen LogP contribution in [-0.4, -0.2) is 11.1 Å². The summed E-state index contributed by atoms with van der Waals surface area (Å²) in [6, 6.07) is 6.86. The number of nitrogens with zero attached hydrogens (tertiary/aromatic N) is 1. The fraction of sp³-hybridized carbons (Fsp3) is 0.556. The number of rotatable bonds is 2. The third-order valence-corrected chi connectivity index (χ3v) is 4.55. The van der Waals surface area contributed by atoms with E-state index >= 15 is 0 Å². The van der Waals surface area contributed by atoms with E-state index in [1.165, 1.54) is 27.7 Å². The molecule has 0 saturated carbocycles. The van der Waals surface area contributed by atoms with E-state index in [0.29, 0.717) is 6.54 Å². The van der Waals surface area contributed by atoms with Gasteiger partial charge in [-0.05, 0) is 35.6 Å². The van der Waals surface area contributed by atoms with Gasteiger partial charge in [-0.3, -0.25) is 0 Å². The van der Waals surface area contributed by atoms with Crippen LogP contribution in [0.4, 0.5) is 0 Å². The molecule has 2 heteroatoms. The van der Waals surface area contributed by atoms with Gasteiger partial charge in [0.2, 0.25) is 0 Å². The summed E-state index contributed by atoms with van der Waals surface area (Å²) in [7, 11) is 2.14. The Bertz CT molecular complexity index is 639. The van der Waals surface area contributed by atoms with Crippen LogP contribution in [0.5, 0.6) is 0 Å². The Morgan fingerprint density at radius 3 is 2.20 bits per heavy atom. The Balaban J connectivity index is 2.83. The number of fused-ring (bicyclic) bond motifs is 1. The first-order valence-corrected chi connectivity index (χ1v) is 7.39. The third kappa shape index (κ3) is 2.26. The lowest BCUT2D eigenvalue weighted by Crippen LogP contribution is -2.28. The second-order valence-electron chi connectivity index (χ2n) is 7.59. The molecule has 0 amide bonds. The molecular formula is C18H28N2.